The fourth-order valence-corrected chi connectivity index (χ4v) is 3.25. The van der Waals surface area contributed by atoms with Crippen LogP contribution in [0.5, 0.6) is 0 Å². The van der Waals surface area contributed by atoms with Crippen LogP contribution in [-0.4, -0.2) is 43.0 Å². The Morgan fingerprint density at radius 1 is 1.45 bits per heavy atom. The number of thioether (sulfide) groups is 1. The van der Waals surface area contributed by atoms with Crippen LogP contribution in [0.1, 0.15) is 16.8 Å². The molecule has 1 fully saturated rings. The average Bonchev–Trinajstić information content (AvgIpc) is 2.49. The van der Waals surface area contributed by atoms with E-state index >= 15 is 0 Å². The number of carbonyl (C=O) groups is 2. The molecular formula is C14H19Cl2N3O2S. The predicted octanol–water partition coefficient (Wildman–Crippen LogP) is 2.15. The molecule has 1 atom stereocenters. The van der Waals surface area contributed by atoms with Crippen molar-refractivity contribution in [2.24, 2.45) is 0 Å². The minimum absolute atomic E-state index is 0. The molecule has 1 aromatic carbocycles. The molecule has 1 aromatic rings. The Kier molecular flexibility index (Phi) is 8.03. The van der Waals surface area contributed by atoms with Gasteiger partial charge in [-0.3, -0.25) is 9.59 Å². The second-order valence-corrected chi connectivity index (χ2v) is 6.33. The molecule has 3 N–H and O–H groups in total. The second kappa shape index (κ2) is 9.25. The molecule has 1 heterocycles. The maximum atomic E-state index is 12.1. The third kappa shape index (κ3) is 5.35. The predicted molar refractivity (Wildman–Crippen MR) is 94.5 cm³/mol. The van der Waals surface area contributed by atoms with Crippen LogP contribution in [-0.2, 0) is 4.79 Å². The van der Waals surface area contributed by atoms with Crippen LogP contribution in [0.2, 0.25) is 5.02 Å². The smallest absolute Gasteiger partial charge is 0.253 e. The molecule has 0 spiro atoms. The summed E-state index contributed by atoms with van der Waals surface area (Å²) in [6, 6.07) is 5.02. The lowest BCUT2D eigenvalue weighted by Crippen LogP contribution is -2.40. The second-order valence-electron chi connectivity index (χ2n) is 4.75. The summed E-state index contributed by atoms with van der Waals surface area (Å²) in [4.78, 5) is 23.9. The van der Waals surface area contributed by atoms with Crippen LogP contribution in [0.15, 0.2) is 18.2 Å². The Hall–Kier alpha value is -0.950. The Morgan fingerprint density at radius 2 is 2.23 bits per heavy atom. The van der Waals surface area contributed by atoms with Crippen molar-refractivity contribution in [2.45, 2.75) is 12.5 Å². The van der Waals surface area contributed by atoms with Crippen LogP contribution >= 0.6 is 35.8 Å². The van der Waals surface area contributed by atoms with Crippen molar-refractivity contribution in [2.75, 3.05) is 30.4 Å². The van der Waals surface area contributed by atoms with Gasteiger partial charge in [-0.25, -0.2) is 0 Å². The first-order chi connectivity index (χ1) is 10.1. The first-order valence-corrected chi connectivity index (χ1v) is 8.26. The summed E-state index contributed by atoms with van der Waals surface area (Å²) in [5.41, 5.74) is 0.844. The standard InChI is InChI=1S/C14H18ClN3O2S.ClH/c1-16-14(20)11-6-9(15)2-3-12(11)18-13(19)7-10-8-21-5-4-17-10;/h2-3,6,10,17H,4-5,7-8H2,1H3,(H,16,20)(H,18,19);1H. The molecule has 1 aliphatic heterocycles. The van der Waals surface area contributed by atoms with Crippen molar-refractivity contribution in [3.05, 3.63) is 28.8 Å². The Labute approximate surface area is 145 Å². The highest BCUT2D eigenvalue weighted by Crippen LogP contribution is 2.21. The van der Waals surface area contributed by atoms with Crippen molar-refractivity contribution in [1.29, 1.82) is 0 Å². The molecule has 122 valence electrons. The van der Waals surface area contributed by atoms with Gasteiger partial charge < -0.3 is 16.0 Å². The monoisotopic (exact) mass is 363 g/mol. The lowest BCUT2D eigenvalue weighted by Gasteiger charge is -2.22. The lowest BCUT2D eigenvalue weighted by molar-refractivity contribution is -0.116. The van der Waals surface area contributed by atoms with E-state index in [1.54, 1.807) is 18.2 Å². The number of benzene rings is 1. The van der Waals surface area contributed by atoms with Crippen molar-refractivity contribution in [3.8, 4) is 0 Å². The first kappa shape index (κ1) is 19.1. The van der Waals surface area contributed by atoms with Gasteiger partial charge >= 0.3 is 0 Å². The van der Waals surface area contributed by atoms with Gasteiger partial charge in [0.05, 0.1) is 11.3 Å². The lowest BCUT2D eigenvalue weighted by atomic mass is 10.1. The zero-order valence-electron chi connectivity index (χ0n) is 12.1. The third-order valence-electron chi connectivity index (χ3n) is 3.16. The molecule has 5 nitrogen and oxygen atoms in total. The number of hydrogen-bond donors (Lipinski definition) is 3. The molecule has 0 bridgehead atoms. The van der Waals surface area contributed by atoms with Crippen LogP contribution in [0.4, 0.5) is 5.69 Å². The Balaban J connectivity index is 0.00000242. The molecule has 1 saturated heterocycles. The molecule has 1 aliphatic rings. The molecule has 2 amide bonds. The largest absolute Gasteiger partial charge is 0.355 e. The third-order valence-corrected chi connectivity index (χ3v) is 4.52. The summed E-state index contributed by atoms with van der Waals surface area (Å²) in [6.07, 6.45) is 0.392. The number of amides is 2. The minimum atomic E-state index is -0.279. The highest BCUT2D eigenvalue weighted by molar-refractivity contribution is 7.99. The van der Waals surface area contributed by atoms with E-state index in [9.17, 15) is 9.59 Å². The molecular weight excluding hydrogens is 345 g/mol. The van der Waals surface area contributed by atoms with E-state index in [4.69, 9.17) is 11.6 Å². The highest BCUT2D eigenvalue weighted by Gasteiger charge is 2.18. The maximum Gasteiger partial charge on any atom is 0.253 e. The van der Waals surface area contributed by atoms with E-state index in [1.165, 1.54) is 7.05 Å². The molecule has 8 heteroatoms. The Morgan fingerprint density at radius 3 is 2.86 bits per heavy atom. The molecule has 1 unspecified atom stereocenters. The van der Waals surface area contributed by atoms with E-state index in [1.807, 2.05) is 11.8 Å². The van der Waals surface area contributed by atoms with E-state index in [-0.39, 0.29) is 30.3 Å². The average molecular weight is 364 g/mol. The summed E-state index contributed by atoms with van der Waals surface area (Å²) in [6.45, 7) is 0.924. The minimum Gasteiger partial charge on any atom is -0.355 e. The van der Waals surface area contributed by atoms with E-state index in [0.29, 0.717) is 22.7 Å². The van der Waals surface area contributed by atoms with Crippen molar-refractivity contribution < 1.29 is 9.59 Å². The van der Waals surface area contributed by atoms with Crippen molar-refractivity contribution in [1.82, 2.24) is 10.6 Å². The van der Waals surface area contributed by atoms with Gasteiger partial charge in [-0.1, -0.05) is 11.6 Å². The normalized spacial score (nSPS) is 17.3. The topological polar surface area (TPSA) is 70.2 Å². The van der Waals surface area contributed by atoms with Gasteiger partial charge in [-0.2, -0.15) is 11.8 Å². The van der Waals surface area contributed by atoms with Crippen molar-refractivity contribution >= 4 is 53.3 Å². The van der Waals surface area contributed by atoms with E-state index in [2.05, 4.69) is 16.0 Å². The van der Waals surface area contributed by atoms with Crippen LogP contribution in [0.25, 0.3) is 0 Å². The van der Waals surface area contributed by atoms with Crippen LogP contribution < -0.4 is 16.0 Å². The summed E-state index contributed by atoms with van der Waals surface area (Å²) in [7, 11) is 1.54. The SMILES string of the molecule is CNC(=O)c1cc(Cl)ccc1NC(=O)CC1CSCCN1.Cl. The van der Waals surface area contributed by atoms with Gasteiger partial charge in [0.1, 0.15) is 0 Å². The quantitative estimate of drug-likeness (QED) is 0.766. The number of rotatable bonds is 4. The summed E-state index contributed by atoms with van der Waals surface area (Å²) >= 11 is 7.75. The van der Waals surface area contributed by atoms with Gasteiger partial charge in [-0.15, -0.1) is 12.4 Å². The van der Waals surface area contributed by atoms with E-state index < -0.39 is 0 Å². The number of carbonyl (C=O) groups excluding carboxylic acids is 2. The van der Waals surface area contributed by atoms with Crippen LogP contribution in [0, 0.1) is 0 Å². The molecule has 0 aliphatic carbocycles. The summed E-state index contributed by atoms with van der Waals surface area (Å²) in [5, 5.41) is 9.10. The van der Waals surface area contributed by atoms with Gasteiger partial charge in [0, 0.05) is 42.6 Å². The molecule has 2 rings (SSSR count). The zero-order chi connectivity index (χ0) is 15.2. The fourth-order valence-electron chi connectivity index (χ4n) is 2.12. The molecule has 0 radical (unpaired) electrons. The number of halogens is 2. The number of hydrogen-bond acceptors (Lipinski definition) is 4. The Bertz CT molecular complexity index is 537. The summed E-state index contributed by atoms with van der Waals surface area (Å²) < 4.78 is 0. The van der Waals surface area contributed by atoms with E-state index in [0.717, 1.165) is 18.1 Å². The highest BCUT2D eigenvalue weighted by atomic mass is 35.5. The van der Waals surface area contributed by atoms with Gasteiger partial charge in [-0.05, 0) is 18.2 Å². The molecule has 22 heavy (non-hydrogen) atoms. The molecule has 0 aromatic heterocycles. The van der Waals surface area contributed by atoms with Gasteiger partial charge in [0.15, 0.2) is 0 Å². The molecule has 0 saturated carbocycles. The van der Waals surface area contributed by atoms with Crippen molar-refractivity contribution in [3.63, 3.8) is 0 Å². The number of anilines is 1. The fraction of sp³-hybridized carbons (Fsp3) is 0.429. The maximum absolute atomic E-state index is 12.1. The number of nitrogens with one attached hydrogen (secondary N) is 3. The zero-order valence-corrected chi connectivity index (χ0v) is 14.5. The van der Waals surface area contributed by atoms with Gasteiger partial charge in [0.25, 0.3) is 5.91 Å². The van der Waals surface area contributed by atoms with Gasteiger partial charge in [0.2, 0.25) is 5.91 Å². The summed E-state index contributed by atoms with van der Waals surface area (Å²) in [5.74, 6) is 1.62. The first-order valence-electron chi connectivity index (χ1n) is 6.72. The van der Waals surface area contributed by atoms with Crippen LogP contribution in [0.3, 0.4) is 0 Å².